The van der Waals surface area contributed by atoms with Crippen molar-refractivity contribution < 1.29 is 16.8 Å². The average Bonchev–Trinajstić information content (AvgIpc) is 2.26. The minimum atomic E-state index is -3.81. The Labute approximate surface area is 134 Å². The number of hydrogen-bond acceptors (Lipinski definition) is 5. The van der Waals surface area contributed by atoms with E-state index in [1.54, 1.807) is 6.07 Å². The number of hydrogen-bond donors (Lipinski definition) is 1. The molecule has 1 heterocycles. The molecule has 0 atom stereocenters. The first kappa shape index (κ1) is 16.2. The van der Waals surface area contributed by atoms with Crippen molar-refractivity contribution in [3.8, 4) is 0 Å². The first-order valence-corrected chi connectivity index (χ1v) is 10.4. The maximum absolute atomic E-state index is 12.6. The predicted octanol–water partition coefficient (Wildman–Crippen LogP) is 1.21. The molecule has 1 saturated heterocycles. The van der Waals surface area contributed by atoms with Crippen molar-refractivity contribution in [2.45, 2.75) is 4.90 Å². The monoisotopic (exact) mass is 446 g/mol. The Balaban J connectivity index is 2.42. The molecule has 2 N–H and O–H groups in total. The van der Waals surface area contributed by atoms with Crippen LogP contribution in [0.1, 0.15) is 0 Å². The summed E-state index contributed by atoms with van der Waals surface area (Å²) in [6.45, 7) is -0.0980. The highest BCUT2D eigenvalue weighted by Crippen LogP contribution is 2.34. The van der Waals surface area contributed by atoms with E-state index in [1.165, 1.54) is 6.07 Å². The molecule has 112 valence electrons. The lowest BCUT2D eigenvalue weighted by atomic mass is 10.3. The fourth-order valence-corrected chi connectivity index (χ4v) is 6.81. The Kier molecular flexibility index (Phi) is 4.51. The third kappa shape index (κ3) is 3.19. The summed E-state index contributed by atoms with van der Waals surface area (Å²) < 4.78 is 50.0. The van der Waals surface area contributed by atoms with Gasteiger partial charge < -0.3 is 5.73 Å². The Bertz CT molecular complexity index is 710. The van der Waals surface area contributed by atoms with E-state index in [0.717, 1.165) is 4.31 Å². The van der Waals surface area contributed by atoms with E-state index >= 15 is 0 Å². The van der Waals surface area contributed by atoms with Crippen LogP contribution in [0, 0.1) is 0 Å². The fourth-order valence-electron chi connectivity index (χ4n) is 1.92. The summed E-state index contributed by atoms with van der Waals surface area (Å²) >= 11 is 6.42. The van der Waals surface area contributed by atoms with Gasteiger partial charge in [0.05, 0.1) is 17.2 Å². The van der Waals surface area contributed by atoms with Crippen molar-refractivity contribution in [1.29, 1.82) is 0 Å². The molecule has 0 unspecified atom stereocenters. The predicted molar refractivity (Wildman–Crippen MR) is 83.7 cm³/mol. The molecule has 1 fully saturated rings. The summed E-state index contributed by atoms with van der Waals surface area (Å²) in [5.41, 5.74) is 5.90. The standard InChI is InChI=1S/C10H12Br2N2O4S2/c11-7-5-8(12)10(9(13)6-7)20(17,18)14-1-3-19(15,16)4-2-14/h5-6H,1-4,13H2. The third-order valence-corrected chi connectivity index (χ3v) is 7.91. The van der Waals surface area contributed by atoms with Gasteiger partial charge in [0.1, 0.15) is 4.90 Å². The highest BCUT2D eigenvalue weighted by molar-refractivity contribution is 9.11. The SMILES string of the molecule is Nc1cc(Br)cc(Br)c1S(=O)(=O)N1CCS(=O)(=O)CC1. The molecule has 1 aromatic rings. The Morgan fingerprint density at radius 2 is 1.70 bits per heavy atom. The lowest BCUT2D eigenvalue weighted by Gasteiger charge is -2.27. The van der Waals surface area contributed by atoms with Crippen LogP contribution in [0.25, 0.3) is 0 Å². The number of anilines is 1. The molecule has 6 nitrogen and oxygen atoms in total. The molecule has 0 radical (unpaired) electrons. The van der Waals surface area contributed by atoms with Crippen LogP contribution in [-0.4, -0.2) is 45.7 Å². The van der Waals surface area contributed by atoms with Gasteiger partial charge in [-0.25, -0.2) is 16.8 Å². The van der Waals surface area contributed by atoms with E-state index < -0.39 is 19.9 Å². The van der Waals surface area contributed by atoms with Crippen molar-refractivity contribution >= 4 is 57.4 Å². The minimum absolute atomic E-state index is 0.0278. The van der Waals surface area contributed by atoms with Crippen LogP contribution in [0.2, 0.25) is 0 Å². The first-order valence-electron chi connectivity index (χ1n) is 5.58. The van der Waals surface area contributed by atoms with Crippen LogP contribution < -0.4 is 5.73 Å². The maximum atomic E-state index is 12.6. The van der Waals surface area contributed by atoms with Crippen LogP contribution in [0.5, 0.6) is 0 Å². The lowest BCUT2D eigenvalue weighted by Crippen LogP contribution is -2.43. The molecule has 0 spiro atoms. The quantitative estimate of drug-likeness (QED) is 0.687. The molecular formula is C10H12Br2N2O4S2. The van der Waals surface area contributed by atoms with Gasteiger partial charge in [0.15, 0.2) is 9.84 Å². The number of sulfonamides is 1. The molecule has 1 aliphatic heterocycles. The molecule has 2 rings (SSSR count). The van der Waals surface area contributed by atoms with Gasteiger partial charge in [-0.1, -0.05) is 15.9 Å². The minimum Gasteiger partial charge on any atom is -0.398 e. The molecule has 1 aromatic carbocycles. The zero-order valence-corrected chi connectivity index (χ0v) is 15.0. The molecule has 0 saturated carbocycles. The van der Waals surface area contributed by atoms with Crippen molar-refractivity contribution in [1.82, 2.24) is 4.31 Å². The maximum Gasteiger partial charge on any atom is 0.246 e. The van der Waals surface area contributed by atoms with Crippen molar-refractivity contribution in [3.63, 3.8) is 0 Å². The Morgan fingerprint density at radius 3 is 2.20 bits per heavy atom. The number of rotatable bonds is 2. The van der Waals surface area contributed by atoms with Crippen molar-refractivity contribution in [3.05, 3.63) is 21.1 Å². The fraction of sp³-hybridized carbons (Fsp3) is 0.400. The number of nitrogens with two attached hydrogens (primary N) is 1. The second-order valence-corrected chi connectivity index (χ2v) is 10.3. The zero-order chi connectivity index (χ0) is 15.1. The van der Waals surface area contributed by atoms with E-state index in [2.05, 4.69) is 31.9 Å². The number of benzene rings is 1. The molecule has 1 aliphatic rings. The normalized spacial score (nSPS) is 19.9. The summed E-state index contributed by atoms with van der Waals surface area (Å²) in [4.78, 5) is -0.0278. The van der Waals surface area contributed by atoms with Gasteiger partial charge in [-0.15, -0.1) is 0 Å². The van der Waals surface area contributed by atoms with Gasteiger partial charge in [-0.2, -0.15) is 4.31 Å². The van der Waals surface area contributed by atoms with Crippen molar-refractivity contribution in [2.75, 3.05) is 30.3 Å². The lowest BCUT2D eigenvalue weighted by molar-refractivity contribution is 0.431. The summed E-state index contributed by atoms with van der Waals surface area (Å²) in [7, 11) is -6.96. The highest BCUT2D eigenvalue weighted by Gasteiger charge is 2.33. The number of nitrogens with zero attached hydrogens (tertiary/aromatic N) is 1. The Morgan fingerprint density at radius 1 is 1.15 bits per heavy atom. The Hall–Kier alpha value is -0.160. The topological polar surface area (TPSA) is 97.5 Å². The number of sulfone groups is 1. The number of nitrogen functional groups attached to an aromatic ring is 1. The van der Waals surface area contributed by atoms with Gasteiger partial charge in [0.25, 0.3) is 0 Å². The van der Waals surface area contributed by atoms with E-state index in [-0.39, 0.29) is 35.2 Å². The second kappa shape index (κ2) is 5.56. The van der Waals surface area contributed by atoms with Crippen LogP contribution in [-0.2, 0) is 19.9 Å². The van der Waals surface area contributed by atoms with E-state index in [9.17, 15) is 16.8 Å². The van der Waals surface area contributed by atoms with E-state index in [4.69, 9.17) is 5.73 Å². The van der Waals surface area contributed by atoms with Crippen LogP contribution in [0.15, 0.2) is 26.0 Å². The van der Waals surface area contributed by atoms with Crippen molar-refractivity contribution in [2.24, 2.45) is 0 Å². The largest absolute Gasteiger partial charge is 0.398 e. The summed E-state index contributed by atoms with van der Waals surface area (Å²) in [5.74, 6) is -0.333. The summed E-state index contributed by atoms with van der Waals surface area (Å²) in [6, 6.07) is 3.09. The third-order valence-electron chi connectivity index (χ3n) is 2.94. The second-order valence-electron chi connectivity index (χ2n) is 4.36. The molecule has 20 heavy (non-hydrogen) atoms. The summed E-state index contributed by atoms with van der Waals surface area (Å²) in [5, 5.41) is 0. The highest BCUT2D eigenvalue weighted by atomic mass is 79.9. The molecule has 0 amide bonds. The molecule has 10 heteroatoms. The molecule has 0 bridgehead atoms. The van der Waals surface area contributed by atoms with Gasteiger partial charge in [-0.05, 0) is 28.1 Å². The molecule has 0 aliphatic carbocycles. The van der Waals surface area contributed by atoms with Crippen LogP contribution in [0.4, 0.5) is 5.69 Å². The van der Waals surface area contributed by atoms with Gasteiger partial charge in [0, 0.05) is 22.0 Å². The van der Waals surface area contributed by atoms with Crippen LogP contribution in [0.3, 0.4) is 0 Å². The first-order chi connectivity index (χ1) is 9.13. The van der Waals surface area contributed by atoms with Crippen LogP contribution >= 0.6 is 31.9 Å². The zero-order valence-electron chi connectivity index (χ0n) is 10.2. The molecular weight excluding hydrogens is 436 g/mol. The molecule has 0 aromatic heterocycles. The number of halogens is 2. The van der Waals surface area contributed by atoms with Gasteiger partial charge in [0.2, 0.25) is 10.0 Å². The smallest absolute Gasteiger partial charge is 0.246 e. The summed E-state index contributed by atoms with van der Waals surface area (Å²) in [6.07, 6.45) is 0. The van der Waals surface area contributed by atoms with E-state index in [0.29, 0.717) is 8.95 Å². The van der Waals surface area contributed by atoms with E-state index in [1.807, 2.05) is 0 Å². The van der Waals surface area contributed by atoms with Gasteiger partial charge >= 0.3 is 0 Å². The van der Waals surface area contributed by atoms with Gasteiger partial charge in [-0.3, -0.25) is 0 Å². The average molecular weight is 448 g/mol.